The molecule has 20 heavy (non-hydrogen) atoms. The minimum absolute atomic E-state index is 0.206. The molecule has 1 amide bonds. The van der Waals surface area contributed by atoms with Crippen LogP contribution in [-0.2, 0) is 4.79 Å². The van der Waals surface area contributed by atoms with Crippen molar-refractivity contribution in [2.75, 3.05) is 18.6 Å². The molecule has 1 rings (SSSR count). The van der Waals surface area contributed by atoms with E-state index in [9.17, 15) is 9.59 Å². The molecule has 108 valence electrons. The van der Waals surface area contributed by atoms with Gasteiger partial charge < -0.3 is 10.4 Å². The summed E-state index contributed by atoms with van der Waals surface area (Å²) in [5.41, 5.74) is 0.978. The Hall–Kier alpha value is -1.82. The molecule has 0 unspecified atom stereocenters. The Morgan fingerprint density at radius 3 is 2.80 bits per heavy atom. The predicted octanol–water partition coefficient (Wildman–Crippen LogP) is 2.05. The Balaban J connectivity index is 2.43. The molecule has 1 aromatic rings. The molecule has 0 saturated heterocycles. The van der Waals surface area contributed by atoms with Gasteiger partial charge in [0.05, 0.1) is 0 Å². The van der Waals surface area contributed by atoms with E-state index in [0.29, 0.717) is 17.8 Å². The fraction of sp³-hybridized carbons (Fsp3) is 0.357. The summed E-state index contributed by atoms with van der Waals surface area (Å²) in [4.78, 5) is 26.1. The minimum atomic E-state index is -1.02. The number of unbranched alkanes of at least 4 members (excludes halogenated alkanes) is 1. The van der Waals surface area contributed by atoms with Gasteiger partial charge in [-0.25, -0.2) is 4.79 Å². The van der Waals surface area contributed by atoms with Crippen molar-refractivity contribution in [3.05, 3.63) is 35.7 Å². The first-order valence-corrected chi connectivity index (χ1v) is 7.67. The van der Waals surface area contributed by atoms with Gasteiger partial charge in [-0.05, 0) is 42.6 Å². The Bertz CT molecular complexity index is 472. The summed E-state index contributed by atoms with van der Waals surface area (Å²) in [6, 6.07) is 3.24. The molecule has 1 aromatic heterocycles. The summed E-state index contributed by atoms with van der Waals surface area (Å²) in [6.07, 6.45) is 8.02. The van der Waals surface area contributed by atoms with Crippen molar-refractivity contribution in [1.82, 2.24) is 10.3 Å². The van der Waals surface area contributed by atoms with Crippen LogP contribution >= 0.6 is 11.8 Å². The van der Waals surface area contributed by atoms with Crippen LogP contribution in [0.2, 0.25) is 0 Å². The van der Waals surface area contributed by atoms with Gasteiger partial charge in [-0.3, -0.25) is 9.78 Å². The van der Waals surface area contributed by atoms with Crippen molar-refractivity contribution >= 4 is 29.7 Å². The number of carboxylic acid groups (broad SMARTS) is 1. The number of rotatable bonds is 8. The van der Waals surface area contributed by atoms with Crippen molar-refractivity contribution in [2.45, 2.75) is 12.8 Å². The SMILES string of the molecule is CSCCCCNC(=O)c1ccc(/C=C/C(=O)O)cn1. The lowest BCUT2D eigenvalue weighted by atomic mass is 10.2. The molecule has 0 aromatic carbocycles. The third-order valence-corrected chi connectivity index (χ3v) is 3.20. The third-order valence-electron chi connectivity index (χ3n) is 2.50. The second-order valence-electron chi connectivity index (χ2n) is 4.10. The zero-order valence-corrected chi connectivity index (χ0v) is 12.2. The van der Waals surface area contributed by atoms with Crippen LogP contribution in [0.15, 0.2) is 24.4 Å². The number of pyridine rings is 1. The molecule has 5 nitrogen and oxygen atoms in total. The molecule has 6 heteroatoms. The summed E-state index contributed by atoms with van der Waals surface area (Å²) < 4.78 is 0. The first-order valence-electron chi connectivity index (χ1n) is 6.27. The zero-order chi connectivity index (χ0) is 14.8. The van der Waals surface area contributed by atoms with E-state index in [2.05, 4.69) is 16.6 Å². The lowest BCUT2D eigenvalue weighted by Crippen LogP contribution is -2.25. The number of nitrogens with one attached hydrogen (secondary N) is 1. The third kappa shape index (κ3) is 6.38. The lowest BCUT2D eigenvalue weighted by Gasteiger charge is -2.04. The van der Waals surface area contributed by atoms with Crippen LogP contribution < -0.4 is 5.32 Å². The van der Waals surface area contributed by atoms with Crippen molar-refractivity contribution in [2.24, 2.45) is 0 Å². The van der Waals surface area contributed by atoms with Crippen LogP contribution in [0, 0.1) is 0 Å². The number of aliphatic carboxylic acids is 1. The van der Waals surface area contributed by atoms with E-state index in [1.807, 2.05) is 0 Å². The second kappa shape index (κ2) is 9.14. The largest absolute Gasteiger partial charge is 0.478 e. The number of aromatic nitrogens is 1. The molecule has 0 fully saturated rings. The monoisotopic (exact) mass is 294 g/mol. The molecule has 0 aliphatic carbocycles. The molecular weight excluding hydrogens is 276 g/mol. The Labute approximate surface area is 122 Å². The minimum Gasteiger partial charge on any atom is -0.478 e. The molecule has 1 heterocycles. The molecule has 0 bridgehead atoms. The first kappa shape index (κ1) is 16.2. The highest BCUT2D eigenvalue weighted by molar-refractivity contribution is 7.98. The van der Waals surface area contributed by atoms with Gasteiger partial charge in [0.15, 0.2) is 0 Å². The fourth-order valence-electron chi connectivity index (χ4n) is 1.47. The molecule has 0 radical (unpaired) electrons. The number of hydrogen-bond donors (Lipinski definition) is 2. The maximum atomic E-state index is 11.8. The van der Waals surface area contributed by atoms with Crippen molar-refractivity contribution < 1.29 is 14.7 Å². The van der Waals surface area contributed by atoms with Crippen LogP contribution in [0.4, 0.5) is 0 Å². The molecule has 0 saturated carbocycles. The second-order valence-corrected chi connectivity index (χ2v) is 5.09. The molecule has 2 N–H and O–H groups in total. The normalized spacial score (nSPS) is 10.7. The predicted molar refractivity (Wildman–Crippen MR) is 80.9 cm³/mol. The van der Waals surface area contributed by atoms with E-state index in [1.54, 1.807) is 23.9 Å². The van der Waals surface area contributed by atoms with Gasteiger partial charge in [0, 0.05) is 18.8 Å². The quantitative estimate of drug-likeness (QED) is 0.566. The summed E-state index contributed by atoms with van der Waals surface area (Å²) in [7, 11) is 0. The van der Waals surface area contributed by atoms with Crippen LogP contribution in [0.5, 0.6) is 0 Å². The van der Waals surface area contributed by atoms with Crippen molar-refractivity contribution in [3.63, 3.8) is 0 Å². The summed E-state index contributed by atoms with van der Waals surface area (Å²) in [5, 5.41) is 11.3. The van der Waals surface area contributed by atoms with Crippen molar-refractivity contribution in [3.8, 4) is 0 Å². The Morgan fingerprint density at radius 2 is 2.20 bits per heavy atom. The smallest absolute Gasteiger partial charge is 0.328 e. The summed E-state index contributed by atoms with van der Waals surface area (Å²) in [6.45, 7) is 0.641. The Kier molecular flexibility index (Phi) is 7.42. The first-order chi connectivity index (χ1) is 9.63. The molecule has 0 spiro atoms. The lowest BCUT2D eigenvalue weighted by molar-refractivity contribution is -0.131. The number of nitrogens with zero attached hydrogens (tertiary/aromatic N) is 1. The van der Waals surface area contributed by atoms with Gasteiger partial charge in [0.25, 0.3) is 5.91 Å². The van der Waals surface area contributed by atoms with Crippen LogP contribution in [0.25, 0.3) is 6.08 Å². The van der Waals surface area contributed by atoms with E-state index in [1.165, 1.54) is 12.3 Å². The zero-order valence-electron chi connectivity index (χ0n) is 11.3. The fourth-order valence-corrected chi connectivity index (χ4v) is 1.96. The Morgan fingerprint density at radius 1 is 1.40 bits per heavy atom. The van der Waals surface area contributed by atoms with Crippen molar-refractivity contribution in [1.29, 1.82) is 0 Å². The van der Waals surface area contributed by atoms with Crippen LogP contribution in [-0.4, -0.2) is 40.5 Å². The van der Waals surface area contributed by atoms with Gasteiger partial charge in [-0.15, -0.1) is 0 Å². The van der Waals surface area contributed by atoms with Gasteiger partial charge >= 0.3 is 5.97 Å². The molecule has 0 atom stereocenters. The van der Waals surface area contributed by atoms with E-state index < -0.39 is 5.97 Å². The summed E-state index contributed by atoms with van der Waals surface area (Å²) in [5.74, 6) is -0.126. The average Bonchev–Trinajstić information content (AvgIpc) is 2.45. The van der Waals surface area contributed by atoms with Gasteiger partial charge in [0.2, 0.25) is 0 Å². The van der Waals surface area contributed by atoms with Gasteiger partial charge in [0.1, 0.15) is 5.69 Å². The van der Waals surface area contributed by atoms with E-state index in [4.69, 9.17) is 5.11 Å². The summed E-state index contributed by atoms with van der Waals surface area (Å²) >= 11 is 1.79. The number of carbonyl (C=O) groups excluding carboxylic acids is 1. The number of amides is 1. The maximum absolute atomic E-state index is 11.8. The standard InChI is InChI=1S/C14H18N2O3S/c1-20-9-3-2-8-15-14(19)12-6-4-11(10-16-12)5-7-13(17)18/h4-7,10H,2-3,8-9H2,1H3,(H,15,19)(H,17,18)/b7-5+. The van der Waals surface area contributed by atoms with E-state index >= 15 is 0 Å². The molecule has 0 aliphatic rings. The average molecular weight is 294 g/mol. The van der Waals surface area contributed by atoms with E-state index in [0.717, 1.165) is 24.7 Å². The highest BCUT2D eigenvalue weighted by Gasteiger charge is 2.05. The highest BCUT2D eigenvalue weighted by Crippen LogP contribution is 2.03. The number of hydrogen-bond acceptors (Lipinski definition) is 4. The van der Waals surface area contributed by atoms with Crippen LogP contribution in [0.3, 0.4) is 0 Å². The number of thioether (sulfide) groups is 1. The molecule has 0 aliphatic heterocycles. The maximum Gasteiger partial charge on any atom is 0.328 e. The van der Waals surface area contributed by atoms with Gasteiger partial charge in [-0.1, -0.05) is 6.07 Å². The topological polar surface area (TPSA) is 79.3 Å². The highest BCUT2D eigenvalue weighted by atomic mass is 32.2. The van der Waals surface area contributed by atoms with Gasteiger partial charge in [-0.2, -0.15) is 11.8 Å². The van der Waals surface area contributed by atoms with Crippen LogP contribution in [0.1, 0.15) is 28.9 Å². The number of carbonyl (C=O) groups is 2. The number of carboxylic acids is 1. The molecular formula is C14H18N2O3S. The van der Waals surface area contributed by atoms with E-state index in [-0.39, 0.29) is 5.91 Å².